The molecule has 1 aliphatic rings. The van der Waals surface area contributed by atoms with Crippen LogP contribution >= 0.6 is 0 Å². The zero-order valence-electron chi connectivity index (χ0n) is 19.6. The Morgan fingerprint density at radius 1 is 1.32 bits per heavy atom. The number of carbonyl (C=O) groups excluding carboxylic acids is 2. The number of anilines is 1. The van der Waals surface area contributed by atoms with Gasteiger partial charge in [0.15, 0.2) is 0 Å². The standard InChI is InChI=1S/C23H30N4O6S/c1-15-12-27(16(2)14-28)23(30)19-11-18(25-22(29)17-7-9-24-10-8-17)5-6-20(19)33-21(15)13-26(3)34(4,31)32/h5-11,15-16,21,28H,12-14H2,1-4H3,(H,25,29)/t15-,16+,21-/m1/s1. The highest BCUT2D eigenvalue weighted by atomic mass is 32.2. The molecule has 2 N–H and O–H groups in total. The molecule has 0 unspecified atom stereocenters. The van der Waals surface area contributed by atoms with Gasteiger partial charge in [-0.1, -0.05) is 6.92 Å². The van der Waals surface area contributed by atoms with Crippen LogP contribution < -0.4 is 10.1 Å². The normalized spacial score (nSPS) is 19.6. The summed E-state index contributed by atoms with van der Waals surface area (Å²) in [6, 6.07) is 7.42. The van der Waals surface area contributed by atoms with Crippen LogP contribution in [-0.4, -0.2) is 84.7 Å². The molecular formula is C23H30N4O6S. The molecule has 10 nitrogen and oxygen atoms in total. The molecule has 2 aromatic rings. The van der Waals surface area contributed by atoms with Gasteiger partial charge in [0.1, 0.15) is 11.9 Å². The van der Waals surface area contributed by atoms with E-state index in [9.17, 15) is 23.1 Å². The second-order valence-electron chi connectivity index (χ2n) is 8.57. The van der Waals surface area contributed by atoms with E-state index in [0.717, 1.165) is 6.26 Å². The number of nitrogens with one attached hydrogen (secondary N) is 1. The van der Waals surface area contributed by atoms with Crippen molar-refractivity contribution in [1.82, 2.24) is 14.2 Å². The summed E-state index contributed by atoms with van der Waals surface area (Å²) in [5.41, 5.74) is 1.02. The number of hydrogen-bond donors (Lipinski definition) is 2. The van der Waals surface area contributed by atoms with E-state index in [4.69, 9.17) is 4.74 Å². The first-order valence-electron chi connectivity index (χ1n) is 10.9. The molecular weight excluding hydrogens is 460 g/mol. The molecule has 0 saturated carbocycles. The minimum absolute atomic E-state index is 0.0928. The zero-order chi connectivity index (χ0) is 25.0. The van der Waals surface area contributed by atoms with Crippen LogP contribution in [0.3, 0.4) is 0 Å². The highest BCUT2D eigenvalue weighted by Crippen LogP contribution is 2.31. The Morgan fingerprint density at radius 2 is 2.00 bits per heavy atom. The Labute approximate surface area is 199 Å². The van der Waals surface area contributed by atoms with Crippen LogP contribution in [0.4, 0.5) is 5.69 Å². The van der Waals surface area contributed by atoms with Crippen molar-refractivity contribution in [2.45, 2.75) is 26.0 Å². The van der Waals surface area contributed by atoms with Crippen LogP contribution in [0, 0.1) is 5.92 Å². The van der Waals surface area contributed by atoms with E-state index < -0.39 is 22.2 Å². The van der Waals surface area contributed by atoms with Crippen LogP contribution in [0.1, 0.15) is 34.6 Å². The second kappa shape index (κ2) is 10.5. The molecule has 3 rings (SSSR count). The van der Waals surface area contributed by atoms with Crippen LogP contribution in [0.2, 0.25) is 0 Å². The number of aliphatic hydroxyl groups is 1. The Hall–Kier alpha value is -3.02. The molecule has 0 radical (unpaired) electrons. The number of nitrogens with zero attached hydrogens (tertiary/aromatic N) is 3. The molecule has 2 heterocycles. The molecule has 184 valence electrons. The van der Waals surface area contributed by atoms with Gasteiger partial charge in [0.25, 0.3) is 11.8 Å². The van der Waals surface area contributed by atoms with E-state index in [-0.39, 0.29) is 48.7 Å². The summed E-state index contributed by atoms with van der Waals surface area (Å²) in [6.45, 7) is 3.73. The van der Waals surface area contributed by atoms with Gasteiger partial charge < -0.3 is 20.1 Å². The van der Waals surface area contributed by atoms with Gasteiger partial charge in [-0.2, -0.15) is 0 Å². The van der Waals surface area contributed by atoms with Gasteiger partial charge >= 0.3 is 0 Å². The lowest BCUT2D eigenvalue weighted by molar-refractivity contribution is 0.0387. The molecule has 1 aliphatic heterocycles. The average Bonchev–Trinajstić information content (AvgIpc) is 2.81. The number of pyridine rings is 1. The molecule has 2 amide bonds. The molecule has 3 atom stereocenters. The van der Waals surface area contributed by atoms with Crippen molar-refractivity contribution in [3.63, 3.8) is 0 Å². The van der Waals surface area contributed by atoms with Gasteiger partial charge in [-0.05, 0) is 37.3 Å². The van der Waals surface area contributed by atoms with Crippen LogP contribution in [0.25, 0.3) is 0 Å². The molecule has 34 heavy (non-hydrogen) atoms. The van der Waals surface area contributed by atoms with E-state index in [1.54, 1.807) is 36.1 Å². The largest absolute Gasteiger partial charge is 0.488 e. The summed E-state index contributed by atoms with van der Waals surface area (Å²) < 4.78 is 31.3. The van der Waals surface area contributed by atoms with Crippen LogP contribution in [0.5, 0.6) is 5.75 Å². The minimum atomic E-state index is -3.44. The lowest BCUT2D eigenvalue weighted by Crippen LogP contribution is -2.50. The van der Waals surface area contributed by atoms with Crippen LogP contribution in [0.15, 0.2) is 42.7 Å². The van der Waals surface area contributed by atoms with Gasteiger partial charge in [-0.3, -0.25) is 14.6 Å². The van der Waals surface area contributed by atoms with E-state index in [2.05, 4.69) is 10.3 Å². The maximum atomic E-state index is 13.4. The smallest absolute Gasteiger partial charge is 0.258 e. The summed E-state index contributed by atoms with van der Waals surface area (Å²) in [6.07, 6.45) is 3.60. The number of hydrogen-bond acceptors (Lipinski definition) is 7. The first-order chi connectivity index (χ1) is 16.0. The topological polar surface area (TPSA) is 129 Å². The van der Waals surface area contributed by atoms with Gasteiger partial charge in [0.2, 0.25) is 10.0 Å². The number of fused-ring (bicyclic) bond motifs is 1. The molecule has 11 heteroatoms. The third kappa shape index (κ3) is 5.91. The van der Waals surface area contributed by atoms with E-state index in [0.29, 0.717) is 11.3 Å². The quantitative estimate of drug-likeness (QED) is 0.601. The van der Waals surface area contributed by atoms with Crippen molar-refractivity contribution in [3.8, 4) is 5.75 Å². The lowest BCUT2D eigenvalue weighted by Gasteiger charge is -2.38. The molecule has 0 bridgehead atoms. The minimum Gasteiger partial charge on any atom is -0.488 e. The van der Waals surface area contributed by atoms with Gasteiger partial charge in [0.05, 0.1) is 31.0 Å². The molecule has 1 aromatic heterocycles. The summed E-state index contributed by atoms with van der Waals surface area (Å²) in [4.78, 5) is 31.4. The van der Waals surface area contributed by atoms with Gasteiger partial charge in [-0.25, -0.2) is 12.7 Å². The first kappa shape index (κ1) is 25.6. The summed E-state index contributed by atoms with van der Waals surface area (Å²) in [7, 11) is -1.96. The summed E-state index contributed by atoms with van der Waals surface area (Å²) >= 11 is 0. The fourth-order valence-electron chi connectivity index (χ4n) is 3.61. The third-order valence-electron chi connectivity index (χ3n) is 5.87. The SMILES string of the molecule is C[C@@H]1CN([C@@H](C)CO)C(=O)c2cc(NC(=O)c3ccncc3)ccc2O[C@@H]1CN(C)S(C)(=O)=O. The molecule has 0 aliphatic carbocycles. The third-order valence-corrected chi connectivity index (χ3v) is 7.15. The average molecular weight is 491 g/mol. The van der Waals surface area contributed by atoms with E-state index in [1.807, 2.05) is 6.92 Å². The second-order valence-corrected chi connectivity index (χ2v) is 10.7. The monoisotopic (exact) mass is 490 g/mol. The Kier molecular flexibility index (Phi) is 7.90. The van der Waals surface area contributed by atoms with Crippen molar-refractivity contribution in [2.24, 2.45) is 5.92 Å². The molecule has 1 aromatic carbocycles. The number of carbonyl (C=O) groups is 2. The van der Waals surface area contributed by atoms with Gasteiger partial charge in [0, 0.05) is 43.2 Å². The Bertz CT molecular complexity index is 1140. The summed E-state index contributed by atoms with van der Waals surface area (Å²) in [5.74, 6) is -0.649. The summed E-state index contributed by atoms with van der Waals surface area (Å²) in [5, 5.41) is 12.5. The van der Waals surface area contributed by atoms with Crippen molar-refractivity contribution < 1.29 is 27.9 Å². The van der Waals surface area contributed by atoms with E-state index in [1.165, 1.54) is 29.8 Å². The molecule has 0 saturated heterocycles. The first-order valence-corrected chi connectivity index (χ1v) is 12.7. The van der Waals surface area contributed by atoms with Crippen molar-refractivity contribution in [1.29, 1.82) is 0 Å². The fraction of sp³-hybridized carbons (Fsp3) is 0.435. The maximum absolute atomic E-state index is 13.4. The molecule has 0 spiro atoms. The van der Waals surface area contributed by atoms with Gasteiger partial charge in [-0.15, -0.1) is 0 Å². The maximum Gasteiger partial charge on any atom is 0.258 e. The number of aliphatic hydroxyl groups excluding tert-OH is 1. The number of ether oxygens (including phenoxy) is 1. The Balaban J connectivity index is 1.97. The predicted molar refractivity (Wildman–Crippen MR) is 127 cm³/mol. The number of likely N-dealkylation sites (N-methyl/N-ethyl adjacent to an activating group) is 1. The number of aromatic nitrogens is 1. The number of sulfonamides is 1. The fourth-order valence-corrected chi connectivity index (χ4v) is 4.03. The highest BCUT2D eigenvalue weighted by Gasteiger charge is 2.34. The predicted octanol–water partition coefficient (Wildman–Crippen LogP) is 1.45. The van der Waals surface area contributed by atoms with E-state index >= 15 is 0 Å². The number of rotatable bonds is 7. The lowest BCUT2D eigenvalue weighted by atomic mass is 9.99. The highest BCUT2D eigenvalue weighted by molar-refractivity contribution is 7.88. The van der Waals surface area contributed by atoms with Crippen molar-refractivity contribution in [3.05, 3.63) is 53.9 Å². The van der Waals surface area contributed by atoms with Crippen LogP contribution in [-0.2, 0) is 10.0 Å². The Morgan fingerprint density at radius 3 is 2.62 bits per heavy atom. The zero-order valence-corrected chi connectivity index (χ0v) is 20.4. The van der Waals surface area contributed by atoms with Crippen molar-refractivity contribution in [2.75, 3.05) is 38.3 Å². The molecule has 0 fully saturated rings. The number of benzene rings is 1. The number of amides is 2. The van der Waals surface area contributed by atoms with Crippen molar-refractivity contribution >= 4 is 27.5 Å².